The van der Waals surface area contributed by atoms with Crippen LogP contribution in [0, 0.1) is 0 Å². The zero-order chi connectivity index (χ0) is 19.5. The maximum atomic E-state index is 12.4. The van der Waals surface area contributed by atoms with E-state index in [0.29, 0.717) is 23.6 Å². The fourth-order valence-corrected chi connectivity index (χ4v) is 3.06. The molecule has 0 bridgehead atoms. The van der Waals surface area contributed by atoms with Crippen LogP contribution >= 0.6 is 0 Å². The molecule has 1 N–H and O–H groups in total. The number of benzene rings is 2. The van der Waals surface area contributed by atoms with Crippen LogP contribution in [-0.2, 0) is 13.6 Å². The fourth-order valence-electron chi connectivity index (χ4n) is 3.06. The van der Waals surface area contributed by atoms with Gasteiger partial charge in [-0.05, 0) is 35.0 Å². The van der Waals surface area contributed by atoms with Crippen molar-refractivity contribution in [1.82, 2.24) is 24.6 Å². The van der Waals surface area contributed by atoms with E-state index in [-0.39, 0.29) is 18.1 Å². The van der Waals surface area contributed by atoms with E-state index in [9.17, 15) is 9.59 Å². The van der Waals surface area contributed by atoms with E-state index in [0.717, 1.165) is 10.8 Å². The largest absolute Gasteiger partial charge is 0.350 e. The normalized spacial score (nSPS) is 10.9. The van der Waals surface area contributed by atoms with Gasteiger partial charge in [0.25, 0.3) is 5.91 Å². The van der Waals surface area contributed by atoms with Gasteiger partial charge >= 0.3 is 5.69 Å². The molecular weight excluding hydrogens is 354 g/mol. The Morgan fingerprint density at radius 1 is 1.04 bits per heavy atom. The second-order valence-electron chi connectivity index (χ2n) is 6.42. The lowest BCUT2D eigenvalue weighted by molar-refractivity contribution is 0.0952. The zero-order valence-electron chi connectivity index (χ0n) is 15.4. The molecule has 0 aliphatic rings. The van der Waals surface area contributed by atoms with Crippen LogP contribution in [0.4, 0.5) is 0 Å². The summed E-state index contributed by atoms with van der Waals surface area (Å²) in [5.74, 6) is 0.311. The fraction of sp³-hybridized carbons (Fsp3) is 0.143. The van der Waals surface area contributed by atoms with Crippen LogP contribution in [-0.4, -0.2) is 31.8 Å². The first-order valence-electron chi connectivity index (χ1n) is 8.96. The molecule has 0 aliphatic heterocycles. The first kappa shape index (κ1) is 17.7. The predicted octanol–water partition coefficient (Wildman–Crippen LogP) is 2.23. The van der Waals surface area contributed by atoms with Crippen molar-refractivity contribution in [1.29, 1.82) is 0 Å². The van der Waals surface area contributed by atoms with Crippen molar-refractivity contribution in [3.63, 3.8) is 0 Å². The van der Waals surface area contributed by atoms with Gasteiger partial charge in [-0.3, -0.25) is 14.3 Å². The number of rotatable bonds is 5. The van der Waals surface area contributed by atoms with Crippen molar-refractivity contribution in [2.24, 2.45) is 7.05 Å². The van der Waals surface area contributed by atoms with E-state index in [1.807, 2.05) is 42.5 Å². The molecule has 0 fully saturated rings. The summed E-state index contributed by atoms with van der Waals surface area (Å²) in [6, 6.07) is 18.9. The van der Waals surface area contributed by atoms with Crippen molar-refractivity contribution in [3.05, 3.63) is 82.9 Å². The van der Waals surface area contributed by atoms with Gasteiger partial charge in [-0.2, -0.15) is 0 Å². The Morgan fingerprint density at radius 2 is 1.82 bits per heavy atom. The Hall–Kier alpha value is -3.74. The number of pyridine rings is 1. The van der Waals surface area contributed by atoms with Crippen molar-refractivity contribution in [2.45, 2.75) is 6.54 Å². The summed E-state index contributed by atoms with van der Waals surface area (Å²) in [4.78, 5) is 29.0. The molecule has 0 aliphatic carbocycles. The first-order chi connectivity index (χ1) is 13.6. The van der Waals surface area contributed by atoms with E-state index in [1.165, 1.54) is 9.25 Å². The van der Waals surface area contributed by atoms with Crippen LogP contribution in [0.25, 0.3) is 22.3 Å². The van der Waals surface area contributed by atoms with Crippen molar-refractivity contribution in [3.8, 4) is 11.5 Å². The Morgan fingerprint density at radius 3 is 2.61 bits per heavy atom. The molecule has 1 amide bonds. The van der Waals surface area contributed by atoms with E-state index >= 15 is 0 Å². The molecule has 0 atom stereocenters. The van der Waals surface area contributed by atoms with Gasteiger partial charge in [0.05, 0.1) is 6.54 Å². The number of hydrogen-bond acceptors (Lipinski definition) is 4. The van der Waals surface area contributed by atoms with Gasteiger partial charge in [-0.1, -0.05) is 36.4 Å². The average Bonchev–Trinajstić information content (AvgIpc) is 3.02. The SMILES string of the molecule is Cn1c(-c2ccccn2)nn(CCNC(=O)c2ccc3ccccc3c2)c1=O. The molecule has 0 radical (unpaired) electrons. The highest BCUT2D eigenvalue weighted by Gasteiger charge is 2.13. The molecule has 7 nitrogen and oxygen atoms in total. The Bertz CT molecular complexity index is 1190. The molecule has 28 heavy (non-hydrogen) atoms. The van der Waals surface area contributed by atoms with Gasteiger partial charge in [-0.25, -0.2) is 9.48 Å². The summed E-state index contributed by atoms with van der Waals surface area (Å²) in [6.45, 7) is 0.572. The smallest absolute Gasteiger partial charge is 0.346 e. The molecular formula is C21H19N5O2. The lowest BCUT2D eigenvalue weighted by atomic mass is 10.1. The molecule has 4 rings (SSSR count). The molecule has 0 saturated heterocycles. The maximum absolute atomic E-state index is 12.4. The number of nitrogens with zero attached hydrogens (tertiary/aromatic N) is 4. The minimum absolute atomic E-state index is 0.181. The van der Waals surface area contributed by atoms with Gasteiger partial charge in [0.2, 0.25) is 0 Å². The minimum atomic E-state index is -0.249. The molecule has 0 spiro atoms. The van der Waals surface area contributed by atoms with Gasteiger partial charge < -0.3 is 5.32 Å². The second kappa shape index (κ2) is 7.48. The highest BCUT2D eigenvalue weighted by Crippen LogP contribution is 2.15. The highest BCUT2D eigenvalue weighted by molar-refractivity contribution is 5.98. The van der Waals surface area contributed by atoms with Crippen LogP contribution in [0.2, 0.25) is 0 Å². The number of fused-ring (bicyclic) bond motifs is 1. The molecule has 0 unspecified atom stereocenters. The Balaban J connectivity index is 1.45. The minimum Gasteiger partial charge on any atom is -0.350 e. The first-order valence-corrected chi connectivity index (χ1v) is 8.96. The second-order valence-corrected chi connectivity index (χ2v) is 6.42. The van der Waals surface area contributed by atoms with Crippen LogP contribution in [0.5, 0.6) is 0 Å². The van der Waals surface area contributed by atoms with Crippen LogP contribution in [0.1, 0.15) is 10.4 Å². The summed E-state index contributed by atoms with van der Waals surface area (Å²) in [6.07, 6.45) is 1.66. The number of carbonyl (C=O) groups is 1. The van der Waals surface area contributed by atoms with E-state index in [2.05, 4.69) is 15.4 Å². The van der Waals surface area contributed by atoms with E-state index in [4.69, 9.17) is 0 Å². The number of amides is 1. The monoisotopic (exact) mass is 373 g/mol. The summed E-state index contributed by atoms with van der Waals surface area (Å²) in [5, 5.41) is 9.28. The maximum Gasteiger partial charge on any atom is 0.346 e. The number of hydrogen-bond donors (Lipinski definition) is 1. The van der Waals surface area contributed by atoms with E-state index < -0.39 is 0 Å². The third kappa shape index (κ3) is 3.42. The van der Waals surface area contributed by atoms with Crippen molar-refractivity contribution in [2.75, 3.05) is 6.54 Å². The van der Waals surface area contributed by atoms with Gasteiger partial charge in [0, 0.05) is 25.4 Å². The molecule has 0 saturated carbocycles. The summed E-state index contributed by atoms with van der Waals surface area (Å²) in [5.41, 5.74) is 0.961. The van der Waals surface area contributed by atoms with Crippen LogP contribution < -0.4 is 11.0 Å². The standard InChI is InChI=1S/C21H19N5O2/c1-25-19(18-8-4-5-11-22-18)24-26(21(25)28)13-12-23-20(27)17-10-9-15-6-2-3-7-16(15)14-17/h2-11,14H,12-13H2,1H3,(H,23,27). The quantitative estimate of drug-likeness (QED) is 0.582. The third-order valence-corrected chi connectivity index (χ3v) is 4.56. The number of carbonyl (C=O) groups excluding carboxylic acids is 1. The van der Waals surface area contributed by atoms with Crippen molar-refractivity contribution >= 4 is 16.7 Å². The molecule has 140 valence electrons. The van der Waals surface area contributed by atoms with Crippen molar-refractivity contribution < 1.29 is 4.79 Å². The molecule has 7 heteroatoms. The van der Waals surface area contributed by atoms with E-state index in [1.54, 1.807) is 31.4 Å². The lowest BCUT2D eigenvalue weighted by Crippen LogP contribution is -2.31. The Kier molecular flexibility index (Phi) is 4.72. The van der Waals surface area contributed by atoms with Crippen LogP contribution in [0.15, 0.2) is 71.7 Å². The Labute approximate surface area is 161 Å². The number of nitrogens with one attached hydrogen (secondary N) is 1. The highest BCUT2D eigenvalue weighted by atomic mass is 16.2. The molecule has 2 aromatic carbocycles. The van der Waals surface area contributed by atoms with Gasteiger partial charge in [0.15, 0.2) is 5.82 Å². The summed E-state index contributed by atoms with van der Waals surface area (Å²) < 4.78 is 2.79. The summed E-state index contributed by atoms with van der Waals surface area (Å²) >= 11 is 0. The number of aromatic nitrogens is 4. The molecule has 2 aromatic heterocycles. The lowest BCUT2D eigenvalue weighted by Gasteiger charge is -2.06. The molecule has 4 aromatic rings. The topological polar surface area (TPSA) is 81.8 Å². The van der Waals surface area contributed by atoms with Gasteiger partial charge in [0.1, 0.15) is 5.69 Å². The summed E-state index contributed by atoms with van der Waals surface area (Å²) in [7, 11) is 1.66. The van der Waals surface area contributed by atoms with Crippen LogP contribution in [0.3, 0.4) is 0 Å². The zero-order valence-corrected chi connectivity index (χ0v) is 15.4. The predicted molar refractivity (Wildman–Crippen MR) is 107 cm³/mol. The third-order valence-electron chi connectivity index (χ3n) is 4.56. The van der Waals surface area contributed by atoms with Gasteiger partial charge in [-0.15, -0.1) is 5.10 Å². The molecule has 2 heterocycles. The average molecular weight is 373 g/mol.